The van der Waals surface area contributed by atoms with Gasteiger partial charge < -0.3 is 5.32 Å². The van der Waals surface area contributed by atoms with Crippen LogP contribution in [0.4, 0.5) is 0 Å². The maximum absolute atomic E-state index is 12.4. The number of unbranched alkanes of at least 4 members (excludes halogenated alkanes) is 2. The van der Waals surface area contributed by atoms with Crippen LogP contribution < -0.4 is 10.8 Å². The summed E-state index contributed by atoms with van der Waals surface area (Å²) in [5, 5.41) is 11.4. The number of amides is 2. The summed E-state index contributed by atoms with van der Waals surface area (Å²) in [4.78, 5) is 23.3. The molecule has 0 heterocycles. The lowest BCUT2D eigenvalue weighted by Crippen LogP contribution is -2.22. The second kappa shape index (κ2) is 9.85. The molecule has 1 aromatic carbocycles. The van der Waals surface area contributed by atoms with Crippen LogP contribution in [0.3, 0.4) is 0 Å². The third-order valence-corrected chi connectivity index (χ3v) is 5.00. The van der Waals surface area contributed by atoms with Crippen molar-refractivity contribution in [3.8, 4) is 0 Å². The van der Waals surface area contributed by atoms with Gasteiger partial charge in [-0.2, -0.15) is 0 Å². The summed E-state index contributed by atoms with van der Waals surface area (Å²) < 4.78 is 0. The first-order valence-corrected chi connectivity index (χ1v) is 9.79. The topological polar surface area (TPSA) is 78.4 Å². The van der Waals surface area contributed by atoms with Gasteiger partial charge in [0.15, 0.2) is 0 Å². The van der Waals surface area contributed by atoms with Gasteiger partial charge in [-0.25, -0.2) is 5.48 Å². The summed E-state index contributed by atoms with van der Waals surface area (Å²) in [5.74, 6) is -0.489. The number of benzene rings is 1. The molecule has 0 bridgehead atoms. The quantitative estimate of drug-likeness (QED) is 0.291. The average molecular weight is 378 g/mol. The van der Waals surface area contributed by atoms with Crippen LogP contribution in [0.2, 0.25) is 0 Å². The van der Waals surface area contributed by atoms with E-state index in [2.05, 4.69) is 35.7 Å². The van der Waals surface area contributed by atoms with E-state index in [1.165, 1.54) is 16.7 Å². The minimum absolute atomic E-state index is 0.113. The highest BCUT2D eigenvalue weighted by molar-refractivity contribution is 6.00. The van der Waals surface area contributed by atoms with Gasteiger partial charge in [-0.15, -0.1) is 0 Å². The first-order valence-electron chi connectivity index (χ1n) is 9.79. The Balaban J connectivity index is 1.62. The summed E-state index contributed by atoms with van der Waals surface area (Å²) in [6, 6.07) is 8.25. The van der Waals surface area contributed by atoms with E-state index >= 15 is 0 Å². The third kappa shape index (κ3) is 5.08. The Morgan fingerprint density at radius 3 is 2.68 bits per heavy atom. The SMILES string of the molecule is O=C(C=C1C=CC2=C(CCC=C2)c2ccccc21)NCCCCCC(=O)NO. The number of hydrogen-bond acceptors (Lipinski definition) is 3. The maximum Gasteiger partial charge on any atom is 0.244 e. The molecule has 2 amide bonds. The second-order valence-electron chi connectivity index (χ2n) is 6.99. The number of hydroxylamine groups is 1. The normalized spacial score (nSPS) is 16.4. The highest BCUT2D eigenvalue weighted by Gasteiger charge is 2.17. The molecule has 1 aromatic rings. The smallest absolute Gasteiger partial charge is 0.244 e. The second-order valence-corrected chi connectivity index (χ2v) is 6.99. The zero-order valence-corrected chi connectivity index (χ0v) is 15.9. The van der Waals surface area contributed by atoms with Gasteiger partial charge in [0.2, 0.25) is 11.8 Å². The third-order valence-electron chi connectivity index (χ3n) is 5.00. The molecule has 3 N–H and O–H groups in total. The Morgan fingerprint density at radius 1 is 1.04 bits per heavy atom. The number of allylic oxidation sites excluding steroid dienone is 7. The summed E-state index contributed by atoms with van der Waals surface area (Å²) in [5.41, 5.74) is 7.38. The predicted molar refractivity (Wildman–Crippen MR) is 110 cm³/mol. The van der Waals surface area contributed by atoms with Crippen LogP contribution in [0.25, 0.3) is 11.1 Å². The number of carbonyl (C=O) groups is 2. The summed E-state index contributed by atoms with van der Waals surface area (Å²) in [7, 11) is 0. The fraction of sp³-hybridized carbons (Fsp3) is 0.304. The van der Waals surface area contributed by atoms with E-state index in [0.717, 1.165) is 36.8 Å². The predicted octanol–water partition coefficient (Wildman–Crippen LogP) is 3.93. The van der Waals surface area contributed by atoms with Gasteiger partial charge in [0, 0.05) is 19.0 Å². The Hall–Kier alpha value is -2.92. The highest BCUT2D eigenvalue weighted by Crippen LogP contribution is 2.37. The number of nitrogens with one attached hydrogen (secondary N) is 2. The van der Waals surface area contributed by atoms with Gasteiger partial charge >= 0.3 is 0 Å². The summed E-state index contributed by atoms with van der Waals surface area (Å²) in [6.07, 6.45) is 14.8. The molecular formula is C23H26N2O3. The van der Waals surface area contributed by atoms with E-state index in [1.54, 1.807) is 11.6 Å². The lowest BCUT2D eigenvalue weighted by atomic mass is 9.89. The Bertz CT molecular complexity index is 862. The maximum atomic E-state index is 12.4. The molecule has 0 fully saturated rings. The molecular weight excluding hydrogens is 352 g/mol. The van der Waals surface area contributed by atoms with Crippen LogP contribution in [-0.4, -0.2) is 23.6 Å². The summed E-state index contributed by atoms with van der Waals surface area (Å²) in [6.45, 7) is 0.562. The number of hydrogen-bond donors (Lipinski definition) is 3. The van der Waals surface area contributed by atoms with Gasteiger partial charge in [-0.3, -0.25) is 14.8 Å². The first-order chi connectivity index (χ1) is 13.7. The van der Waals surface area contributed by atoms with Crippen molar-refractivity contribution >= 4 is 23.0 Å². The highest BCUT2D eigenvalue weighted by atomic mass is 16.5. The molecule has 0 spiro atoms. The van der Waals surface area contributed by atoms with E-state index in [1.807, 2.05) is 18.2 Å². The molecule has 0 saturated carbocycles. The Labute approximate surface area is 165 Å². The van der Waals surface area contributed by atoms with Crippen molar-refractivity contribution in [3.05, 3.63) is 71.3 Å². The summed E-state index contributed by atoms with van der Waals surface area (Å²) >= 11 is 0. The number of rotatable bonds is 7. The van der Waals surface area contributed by atoms with Crippen LogP contribution in [0.1, 0.15) is 49.7 Å². The van der Waals surface area contributed by atoms with Crippen LogP contribution in [-0.2, 0) is 9.59 Å². The van der Waals surface area contributed by atoms with Gasteiger partial charge in [-0.1, -0.05) is 55.0 Å². The van der Waals surface area contributed by atoms with Crippen molar-refractivity contribution in [3.63, 3.8) is 0 Å². The van der Waals surface area contributed by atoms with Crippen molar-refractivity contribution in [2.75, 3.05) is 6.54 Å². The zero-order chi connectivity index (χ0) is 19.8. The largest absolute Gasteiger partial charge is 0.353 e. The van der Waals surface area contributed by atoms with Gasteiger partial charge in [0.05, 0.1) is 0 Å². The molecule has 0 unspecified atom stereocenters. The number of carbonyl (C=O) groups excluding carboxylic acids is 2. The van der Waals surface area contributed by atoms with Crippen molar-refractivity contribution in [2.45, 2.75) is 38.5 Å². The molecule has 2 aliphatic rings. The molecule has 0 radical (unpaired) electrons. The molecule has 146 valence electrons. The van der Waals surface area contributed by atoms with Gasteiger partial charge in [0.1, 0.15) is 0 Å². The van der Waals surface area contributed by atoms with Gasteiger partial charge in [0.25, 0.3) is 0 Å². The van der Waals surface area contributed by atoms with Crippen molar-refractivity contribution in [1.29, 1.82) is 0 Å². The Kier molecular flexibility index (Phi) is 6.98. The lowest BCUT2D eigenvalue weighted by molar-refractivity contribution is -0.129. The van der Waals surface area contributed by atoms with E-state index in [9.17, 15) is 9.59 Å². The van der Waals surface area contributed by atoms with Crippen LogP contribution in [0.15, 0.2) is 60.2 Å². The molecule has 5 heteroatoms. The van der Waals surface area contributed by atoms with Crippen molar-refractivity contribution < 1.29 is 14.8 Å². The van der Waals surface area contributed by atoms with E-state index in [-0.39, 0.29) is 11.8 Å². The molecule has 0 aliphatic heterocycles. The molecule has 28 heavy (non-hydrogen) atoms. The van der Waals surface area contributed by atoms with Crippen LogP contribution in [0.5, 0.6) is 0 Å². The van der Waals surface area contributed by atoms with Crippen molar-refractivity contribution in [1.82, 2.24) is 10.8 Å². The minimum Gasteiger partial charge on any atom is -0.353 e. The molecule has 5 nitrogen and oxygen atoms in total. The molecule has 0 aromatic heterocycles. The van der Waals surface area contributed by atoms with E-state index < -0.39 is 0 Å². The standard InChI is InChI=1S/C23H26N2O3/c26-22(25-28)12-2-1-7-15-24-23(27)16-18-14-13-17-8-3-4-9-19(17)21-11-6-5-10-20(18)21/h3,5-6,8,10-11,13-14,16,28H,1-2,4,7,9,12,15H2,(H,24,27)(H,25,26). The fourth-order valence-electron chi connectivity index (χ4n) is 3.57. The first kappa shape index (κ1) is 19.8. The van der Waals surface area contributed by atoms with Crippen LogP contribution >= 0.6 is 0 Å². The monoisotopic (exact) mass is 378 g/mol. The van der Waals surface area contributed by atoms with Crippen LogP contribution in [0, 0.1) is 0 Å². The molecule has 3 rings (SSSR count). The lowest BCUT2D eigenvalue weighted by Gasteiger charge is -2.15. The number of fused-ring (bicyclic) bond motifs is 2. The Morgan fingerprint density at radius 2 is 1.86 bits per heavy atom. The molecule has 2 aliphatic carbocycles. The zero-order valence-electron chi connectivity index (χ0n) is 15.9. The van der Waals surface area contributed by atoms with Gasteiger partial charge in [-0.05, 0) is 53.5 Å². The van der Waals surface area contributed by atoms with E-state index in [0.29, 0.717) is 19.4 Å². The minimum atomic E-state index is -0.376. The van der Waals surface area contributed by atoms with Crippen molar-refractivity contribution in [2.24, 2.45) is 0 Å². The fourth-order valence-corrected chi connectivity index (χ4v) is 3.57. The average Bonchev–Trinajstić information content (AvgIpc) is 2.88. The molecule has 0 atom stereocenters. The molecule has 0 saturated heterocycles. The van der Waals surface area contributed by atoms with E-state index in [4.69, 9.17) is 5.21 Å².